The zero-order chi connectivity index (χ0) is 36.7. The summed E-state index contributed by atoms with van der Waals surface area (Å²) in [7, 11) is -4.36. The molecule has 0 rings (SSSR count). The van der Waals surface area contributed by atoms with Crippen molar-refractivity contribution < 1.29 is 37.6 Å². The Labute approximate surface area is 301 Å². The number of rotatable bonds is 35. The van der Waals surface area contributed by atoms with Crippen molar-refractivity contribution in [3.05, 3.63) is 12.2 Å². The third-order valence-corrected chi connectivity index (χ3v) is 9.19. The van der Waals surface area contributed by atoms with E-state index in [0.717, 1.165) is 51.4 Å². The van der Waals surface area contributed by atoms with Gasteiger partial charge in [0.1, 0.15) is 6.61 Å². The molecule has 1 unspecified atom stereocenters. The Kier molecular flexibility index (Phi) is 40.2. The van der Waals surface area contributed by atoms with Crippen LogP contribution in [0.1, 0.15) is 195 Å². The van der Waals surface area contributed by atoms with Crippen molar-refractivity contribution in [3.63, 3.8) is 0 Å². The van der Waals surface area contributed by atoms with Gasteiger partial charge in [-0.3, -0.25) is 18.6 Å². The lowest BCUT2D eigenvalue weighted by atomic mass is 10.0. The highest BCUT2D eigenvalue weighted by Crippen LogP contribution is 2.43. The molecule has 0 saturated heterocycles. The fourth-order valence-corrected chi connectivity index (χ4v) is 5.96. The maximum Gasteiger partial charge on any atom is 0.472 e. The second kappa shape index (κ2) is 39.5. The fourth-order valence-electron chi connectivity index (χ4n) is 5.19. The van der Waals surface area contributed by atoms with E-state index < -0.39 is 26.5 Å². The molecule has 0 aromatic carbocycles. The summed E-state index contributed by atoms with van der Waals surface area (Å²) >= 11 is 0. The molecule has 0 aliphatic carbocycles. The predicted molar refractivity (Wildman–Crippen MR) is 204 cm³/mol. The van der Waals surface area contributed by atoms with E-state index in [9.17, 15) is 19.0 Å². The van der Waals surface area contributed by atoms with Crippen LogP contribution in [0, 0.1) is 0 Å². The molecular formula is C39H78NO8P. The third-order valence-electron chi connectivity index (χ3n) is 8.20. The highest BCUT2D eigenvalue weighted by Gasteiger charge is 2.25. The third kappa shape index (κ3) is 41.1. The van der Waals surface area contributed by atoms with Gasteiger partial charge in [0, 0.05) is 19.4 Å². The Bertz CT molecular complexity index is 791. The summed E-state index contributed by atoms with van der Waals surface area (Å²) in [4.78, 5) is 34.4. The molecule has 0 aromatic heterocycles. The second-order valence-corrected chi connectivity index (χ2v) is 14.6. The molecule has 0 saturated carbocycles. The summed E-state index contributed by atoms with van der Waals surface area (Å²) < 4.78 is 32.4. The number of hydrogen-bond donors (Lipinski definition) is 2. The maximum absolute atomic E-state index is 12.4. The molecule has 0 aliphatic rings. The molecule has 49 heavy (non-hydrogen) atoms. The molecule has 0 aliphatic heterocycles. The van der Waals surface area contributed by atoms with Gasteiger partial charge in [-0.1, -0.05) is 161 Å². The van der Waals surface area contributed by atoms with E-state index in [1.807, 2.05) is 13.0 Å². The minimum Gasteiger partial charge on any atom is -0.462 e. The van der Waals surface area contributed by atoms with Crippen LogP contribution in [0.25, 0.3) is 0 Å². The van der Waals surface area contributed by atoms with Crippen LogP contribution < -0.4 is 5.73 Å². The van der Waals surface area contributed by atoms with Crippen molar-refractivity contribution in [1.82, 2.24) is 0 Å². The fraction of sp³-hybridized carbons (Fsp3) is 0.897. The van der Waals surface area contributed by atoms with Gasteiger partial charge in [-0.15, -0.1) is 0 Å². The number of hydrogen-bond acceptors (Lipinski definition) is 8. The molecule has 10 heteroatoms. The average molecular weight is 720 g/mol. The molecule has 0 bridgehead atoms. The Balaban J connectivity index is 0. The normalized spacial score (nSPS) is 13.1. The van der Waals surface area contributed by atoms with Gasteiger partial charge in [0.25, 0.3) is 0 Å². The Morgan fingerprint density at radius 2 is 1.06 bits per heavy atom. The molecule has 292 valence electrons. The number of esters is 2. The Hall–Kier alpha value is -1.25. The summed E-state index contributed by atoms with van der Waals surface area (Å²) in [6, 6.07) is 0. The first-order valence-corrected chi connectivity index (χ1v) is 21.5. The van der Waals surface area contributed by atoms with Gasteiger partial charge in [-0.2, -0.15) is 0 Å². The number of ether oxygens (including phenoxy) is 2. The molecule has 0 aromatic rings. The van der Waals surface area contributed by atoms with Crippen LogP contribution in [-0.2, 0) is 32.7 Å². The van der Waals surface area contributed by atoms with Gasteiger partial charge >= 0.3 is 19.8 Å². The molecular weight excluding hydrogens is 641 g/mol. The molecule has 3 N–H and O–H groups in total. The molecule has 0 heterocycles. The lowest BCUT2D eigenvalue weighted by Crippen LogP contribution is -2.29. The zero-order valence-electron chi connectivity index (χ0n) is 32.3. The molecule has 0 spiro atoms. The van der Waals surface area contributed by atoms with E-state index in [1.165, 1.54) is 96.3 Å². The lowest BCUT2D eigenvalue weighted by Gasteiger charge is -2.19. The van der Waals surface area contributed by atoms with Gasteiger partial charge in [-0.25, -0.2) is 4.57 Å². The smallest absolute Gasteiger partial charge is 0.462 e. The number of phosphoric ester groups is 1. The van der Waals surface area contributed by atoms with Crippen molar-refractivity contribution in [2.24, 2.45) is 5.73 Å². The summed E-state index contributed by atoms with van der Waals surface area (Å²) in [5.74, 6) is -0.842. The minimum absolute atomic E-state index is 0.0541. The molecule has 0 amide bonds. The van der Waals surface area contributed by atoms with Crippen LogP contribution in [0.3, 0.4) is 0 Å². The second-order valence-electron chi connectivity index (χ2n) is 13.1. The summed E-state index contributed by atoms with van der Waals surface area (Å²) in [6.07, 6.45) is 32.5. The standard InChI is InChI=1S/C33H64NO8P.C6H14/c1-3-5-7-9-11-13-14-15-16-17-18-20-21-23-25-32(35)39-29-31(30-41-43(37,38)40-28-27-34)42-33(36)26-24-22-19-12-10-8-6-4-2;1-3-5-6-4-2/h4,6,31H,3,5,7-30,34H2,1-2H3,(H,37,38);3-6H2,1-2H3/b6-4+;/t31-;/m1./s1. The van der Waals surface area contributed by atoms with Crippen molar-refractivity contribution in [2.45, 2.75) is 201 Å². The monoisotopic (exact) mass is 720 g/mol. The SMILES string of the molecule is C/C=C/CCCCCCCC(=O)O[C@H](COC(=O)CCCCCCCCCCCCCCCC)COP(=O)(O)OCCN.CCCCCC. The van der Waals surface area contributed by atoms with E-state index in [1.54, 1.807) is 0 Å². The average Bonchev–Trinajstić information content (AvgIpc) is 3.09. The summed E-state index contributed by atoms with van der Waals surface area (Å²) in [6.45, 7) is 7.95. The first kappa shape index (κ1) is 49.9. The van der Waals surface area contributed by atoms with E-state index in [2.05, 4.69) is 26.8 Å². The number of nitrogens with two attached hydrogens (primary N) is 1. The Morgan fingerprint density at radius 1 is 0.633 bits per heavy atom. The number of carbonyl (C=O) groups is 2. The number of carbonyl (C=O) groups excluding carboxylic acids is 2. The number of allylic oxidation sites excluding steroid dienone is 2. The minimum atomic E-state index is -4.36. The van der Waals surface area contributed by atoms with Crippen LogP contribution in [-0.4, -0.2) is 49.3 Å². The maximum atomic E-state index is 12.4. The van der Waals surface area contributed by atoms with Gasteiger partial charge in [0.15, 0.2) is 6.10 Å². The van der Waals surface area contributed by atoms with Crippen LogP contribution in [0.2, 0.25) is 0 Å². The van der Waals surface area contributed by atoms with Crippen molar-refractivity contribution >= 4 is 19.8 Å². The molecule has 9 nitrogen and oxygen atoms in total. The van der Waals surface area contributed by atoms with Gasteiger partial charge < -0.3 is 20.1 Å². The first-order chi connectivity index (χ1) is 23.8. The number of unbranched alkanes of at least 4 members (excludes halogenated alkanes) is 21. The Morgan fingerprint density at radius 3 is 1.53 bits per heavy atom. The molecule has 2 atom stereocenters. The van der Waals surface area contributed by atoms with Crippen molar-refractivity contribution in [2.75, 3.05) is 26.4 Å². The van der Waals surface area contributed by atoms with Crippen LogP contribution in [0.15, 0.2) is 12.2 Å². The summed E-state index contributed by atoms with van der Waals surface area (Å²) in [5, 5.41) is 0. The van der Waals surface area contributed by atoms with Crippen molar-refractivity contribution in [3.8, 4) is 0 Å². The lowest BCUT2D eigenvalue weighted by molar-refractivity contribution is -0.161. The predicted octanol–water partition coefficient (Wildman–Crippen LogP) is 11.3. The van der Waals surface area contributed by atoms with Gasteiger partial charge in [-0.05, 0) is 32.6 Å². The van der Waals surface area contributed by atoms with Crippen LogP contribution in [0.4, 0.5) is 0 Å². The topological polar surface area (TPSA) is 134 Å². The zero-order valence-corrected chi connectivity index (χ0v) is 33.2. The molecule has 0 radical (unpaired) electrons. The molecule has 0 fully saturated rings. The van der Waals surface area contributed by atoms with E-state index in [-0.39, 0.29) is 38.6 Å². The van der Waals surface area contributed by atoms with E-state index in [4.69, 9.17) is 24.3 Å². The van der Waals surface area contributed by atoms with Crippen molar-refractivity contribution in [1.29, 1.82) is 0 Å². The number of phosphoric acid groups is 1. The van der Waals surface area contributed by atoms with E-state index >= 15 is 0 Å². The largest absolute Gasteiger partial charge is 0.472 e. The highest BCUT2D eigenvalue weighted by atomic mass is 31.2. The van der Waals surface area contributed by atoms with E-state index in [0.29, 0.717) is 6.42 Å². The quantitative estimate of drug-likeness (QED) is 0.0284. The van der Waals surface area contributed by atoms with Gasteiger partial charge in [0.05, 0.1) is 13.2 Å². The van der Waals surface area contributed by atoms with Crippen LogP contribution in [0.5, 0.6) is 0 Å². The summed E-state index contributed by atoms with van der Waals surface area (Å²) in [5.41, 5.74) is 5.31. The van der Waals surface area contributed by atoms with Gasteiger partial charge in [0.2, 0.25) is 0 Å². The van der Waals surface area contributed by atoms with Crippen LogP contribution >= 0.6 is 7.82 Å². The highest BCUT2D eigenvalue weighted by molar-refractivity contribution is 7.47. The first-order valence-electron chi connectivity index (χ1n) is 20.0.